The molecule has 1 saturated carbocycles. The summed E-state index contributed by atoms with van der Waals surface area (Å²) in [5, 5.41) is 0. The number of hydrogen-bond donors (Lipinski definition) is 0. The molecular formula is C21H24F3N3O. The number of fused-ring (bicyclic) bond motifs is 1. The molecule has 1 amide bonds. The van der Waals surface area contributed by atoms with Gasteiger partial charge < -0.3 is 9.47 Å². The molecule has 4 rings (SSSR count). The van der Waals surface area contributed by atoms with E-state index in [1.54, 1.807) is 0 Å². The van der Waals surface area contributed by atoms with Gasteiger partial charge in [-0.15, -0.1) is 0 Å². The van der Waals surface area contributed by atoms with Gasteiger partial charge in [-0.3, -0.25) is 4.79 Å². The van der Waals surface area contributed by atoms with Crippen LogP contribution < -0.4 is 0 Å². The number of aromatic nitrogens is 2. The van der Waals surface area contributed by atoms with E-state index in [4.69, 9.17) is 0 Å². The molecule has 0 unspecified atom stereocenters. The van der Waals surface area contributed by atoms with E-state index in [1.807, 2.05) is 11.0 Å². The van der Waals surface area contributed by atoms with E-state index >= 15 is 0 Å². The van der Waals surface area contributed by atoms with E-state index in [0.29, 0.717) is 18.4 Å². The van der Waals surface area contributed by atoms with Gasteiger partial charge in [0.15, 0.2) is 0 Å². The fourth-order valence-electron chi connectivity index (χ4n) is 4.93. The Balaban J connectivity index is 1.53. The number of benzene rings is 1. The molecule has 0 bridgehead atoms. The van der Waals surface area contributed by atoms with Crippen molar-refractivity contribution in [2.24, 2.45) is 5.92 Å². The van der Waals surface area contributed by atoms with Gasteiger partial charge in [0.05, 0.1) is 6.33 Å². The number of imidazole rings is 1. The maximum atomic E-state index is 13.0. The van der Waals surface area contributed by atoms with E-state index in [2.05, 4.69) is 29.2 Å². The van der Waals surface area contributed by atoms with Gasteiger partial charge in [0, 0.05) is 18.8 Å². The number of amides is 1. The van der Waals surface area contributed by atoms with Crippen molar-refractivity contribution in [1.82, 2.24) is 14.5 Å². The highest BCUT2D eigenvalue weighted by Gasteiger charge is 2.42. The Labute approximate surface area is 162 Å². The summed E-state index contributed by atoms with van der Waals surface area (Å²) in [6.07, 6.45) is 3.12. The van der Waals surface area contributed by atoms with Crippen molar-refractivity contribution in [2.45, 2.75) is 56.8 Å². The van der Waals surface area contributed by atoms with Crippen LogP contribution >= 0.6 is 0 Å². The molecule has 2 fully saturated rings. The van der Waals surface area contributed by atoms with Gasteiger partial charge in [-0.2, -0.15) is 13.2 Å². The lowest BCUT2D eigenvalue weighted by atomic mass is 9.69. The first-order valence-corrected chi connectivity index (χ1v) is 9.87. The van der Waals surface area contributed by atoms with E-state index in [9.17, 15) is 18.0 Å². The highest BCUT2D eigenvalue weighted by atomic mass is 19.4. The topological polar surface area (TPSA) is 38.1 Å². The summed E-state index contributed by atoms with van der Waals surface area (Å²) in [7, 11) is 0. The molecule has 2 aliphatic rings. The molecule has 7 heteroatoms. The minimum Gasteiger partial charge on any atom is -0.334 e. The van der Waals surface area contributed by atoms with Crippen molar-refractivity contribution in [3.8, 4) is 0 Å². The van der Waals surface area contributed by atoms with E-state index < -0.39 is 12.7 Å². The standard InChI is InChI=1S/C21H24F3N3O/c22-21(23,24)13-26-12-18(25-14-26)20(28)27-11-10-16(15-6-2-1-3-7-15)17-8-4-5-9-19(17)27/h1-3,6-7,12,14,16-17,19H,4-5,8-11,13H2/t16-,17-,19-/m1/s1. The molecular weight excluding hydrogens is 367 g/mol. The molecule has 0 radical (unpaired) electrons. The summed E-state index contributed by atoms with van der Waals surface area (Å²) in [5.41, 5.74) is 1.42. The van der Waals surface area contributed by atoms with Crippen LogP contribution in [0.4, 0.5) is 13.2 Å². The summed E-state index contributed by atoms with van der Waals surface area (Å²) < 4.78 is 38.7. The average molecular weight is 391 g/mol. The van der Waals surface area contributed by atoms with Gasteiger partial charge in [-0.05, 0) is 36.7 Å². The summed E-state index contributed by atoms with van der Waals surface area (Å²) in [5.74, 6) is 0.578. The molecule has 1 saturated heterocycles. The van der Waals surface area contributed by atoms with Crippen LogP contribution in [0.5, 0.6) is 0 Å². The zero-order valence-electron chi connectivity index (χ0n) is 15.6. The van der Waals surface area contributed by atoms with Crippen LogP contribution in [0.2, 0.25) is 0 Å². The van der Waals surface area contributed by atoms with Gasteiger partial charge in [-0.1, -0.05) is 43.2 Å². The van der Waals surface area contributed by atoms with Crippen LogP contribution in [-0.4, -0.2) is 39.1 Å². The third-order valence-electron chi connectivity index (χ3n) is 6.08. The number of halogens is 3. The molecule has 1 aromatic heterocycles. The van der Waals surface area contributed by atoms with Gasteiger partial charge in [0.2, 0.25) is 0 Å². The smallest absolute Gasteiger partial charge is 0.334 e. The number of nitrogens with zero attached hydrogens (tertiary/aromatic N) is 3. The second-order valence-corrected chi connectivity index (χ2v) is 7.87. The third-order valence-corrected chi connectivity index (χ3v) is 6.08. The number of carbonyl (C=O) groups excluding carboxylic acids is 1. The van der Waals surface area contributed by atoms with Gasteiger partial charge >= 0.3 is 6.18 Å². The number of piperidine rings is 1. The number of hydrogen-bond acceptors (Lipinski definition) is 2. The minimum absolute atomic E-state index is 0.103. The van der Waals surface area contributed by atoms with E-state index in [0.717, 1.165) is 43.0 Å². The second kappa shape index (κ2) is 7.60. The predicted octanol–water partition coefficient (Wildman–Crippen LogP) is 4.63. The summed E-state index contributed by atoms with van der Waals surface area (Å²) >= 11 is 0. The molecule has 1 aromatic carbocycles. The summed E-state index contributed by atoms with van der Waals surface area (Å²) in [6.45, 7) is -0.513. The molecule has 0 spiro atoms. The average Bonchev–Trinajstić information content (AvgIpc) is 3.14. The van der Waals surface area contributed by atoms with Crippen LogP contribution in [0.25, 0.3) is 0 Å². The van der Waals surface area contributed by atoms with Crippen LogP contribution in [-0.2, 0) is 6.54 Å². The molecule has 150 valence electrons. The Bertz CT molecular complexity index is 818. The maximum absolute atomic E-state index is 13.0. The van der Waals surface area contributed by atoms with Crippen molar-refractivity contribution in [3.05, 3.63) is 54.1 Å². The Morgan fingerprint density at radius 3 is 2.61 bits per heavy atom. The Morgan fingerprint density at radius 2 is 1.86 bits per heavy atom. The number of likely N-dealkylation sites (tertiary alicyclic amines) is 1. The molecule has 2 heterocycles. The highest BCUT2D eigenvalue weighted by Crippen LogP contribution is 2.44. The largest absolute Gasteiger partial charge is 0.406 e. The monoisotopic (exact) mass is 391 g/mol. The number of rotatable bonds is 3. The summed E-state index contributed by atoms with van der Waals surface area (Å²) in [4.78, 5) is 18.9. The van der Waals surface area contributed by atoms with Crippen molar-refractivity contribution in [2.75, 3.05) is 6.54 Å². The molecule has 4 nitrogen and oxygen atoms in total. The van der Waals surface area contributed by atoms with Crippen LogP contribution in [0.15, 0.2) is 42.9 Å². The zero-order chi connectivity index (χ0) is 19.7. The van der Waals surface area contributed by atoms with Crippen molar-refractivity contribution in [1.29, 1.82) is 0 Å². The lowest BCUT2D eigenvalue weighted by molar-refractivity contribution is -0.140. The Hall–Kier alpha value is -2.31. The van der Waals surface area contributed by atoms with E-state index in [1.165, 1.54) is 11.8 Å². The fraction of sp³-hybridized carbons (Fsp3) is 0.524. The Morgan fingerprint density at radius 1 is 1.11 bits per heavy atom. The minimum atomic E-state index is -4.33. The maximum Gasteiger partial charge on any atom is 0.406 e. The first kappa shape index (κ1) is 19.0. The van der Waals surface area contributed by atoms with Crippen molar-refractivity contribution >= 4 is 5.91 Å². The zero-order valence-corrected chi connectivity index (χ0v) is 15.6. The molecule has 28 heavy (non-hydrogen) atoms. The lowest BCUT2D eigenvalue weighted by Gasteiger charge is -2.48. The quantitative estimate of drug-likeness (QED) is 0.765. The van der Waals surface area contributed by atoms with Crippen LogP contribution in [0.1, 0.15) is 54.1 Å². The normalized spacial score (nSPS) is 25.4. The van der Waals surface area contributed by atoms with Crippen LogP contribution in [0, 0.1) is 5.92 Å². The van der Waals surface area contributed by atoms with Crippen molar-refractivity contribution in [3.63, 3.8) is 0 Å². The molecule has 1 aliphatic heterocycles. The number of alkyl halides is 3. The fourth-order valence-corrected chi connectivity index (χ4v) is 4.93. The first-order valence-electron chi connectivity index (χ1n) is 9.87. The van der Waals surface area contributed by atoms with Gasteiger partial charge in [0.25, 0.3) is 5.91 Å². The number of carbonyl (C=O) groups is 1. The van der Waals surface area contributed by atoms with Crippen LogP contribution in [0.3, 0.4) is 0 Å². The molecule has 1 aliphatic carbocycles. The molecule has 2 aromatic rings. The SMILES string of the molecule is O=C(c1cn(CC(F)(F)F)cn1)N1CC[C@H](c2ccccc2)[C@H]2CCCC[C@H]21. The lowest BCUT2D eigenvalue weighted by Crippen LogP contribution is -2.52. The molecule has 3 atom stereocenters. The van der Waals surface area contributed by atoms with Gasteiger partial charge in [0.1, 0.15) is 12.2 Å². The second-order valence-electron chi connectivity index (χ2n) is 7.87. The molecule has 0 N–H and O–H groups in total. The predicted molar refractivity (Wildman–Crippen MR) is 98.9 cm³/mol. The third kappa shape index (κ3) is 3.93. The van der Waals surface area contributed by atoms with Gasteiger partial charge in [-0.25, -0.2) is 4.98 Å². The first-order chi connectivity index (χ1) is 13.4. The highest BCUT2D eigenvalue weighted by molar-refractivity contribution is 5.92. The summed E-state index contributed by atoms with van der Waals surface area (Å²) in [6, 6.07) is 10.6. The van der Waals surface area contributed by atoms with Crippen molar-refractivity contribution < 1.29 is 18.0 Å². The Kier molecular flexibility index (Phi) is 5.17. The van der Waals surface area contributed by atoms with E-state index in [-0.39, 0.29) is 17.6 Å².